The molecule has 0 heterocycles. The van der Waals surface area contributed by atoms with Crippen LogP contribution < -0.4 is 0 Å². The van der Waals surface area contributed by atoms with Crippen LogP contribution in [-0.4, -0.2) is 11.6 Å². The van der Waals surface area contributed by atoms with Gasteiger partial charge in [-0.05, 0) is 63.6 Å². The van der Waals surface area contributed by atoms with E-state index in [1.165, 1.54) is 16.7 Å². The zero-order valence-electron chi connectivity index (χ0n) is 23.1. The van der Waals surface area contributed by atoms with Gasteiger partial charge in [0.05, 0.1) is 5.41 Å². The Morgan fingerprint density at radius 3 is 1.38 bits per heavy atom. The maximum Gasteiger partial charge on any atom is 0.193 e. The summed E-state index contributed by atoms with van der Waals surface area (Å²) in [7, 11) is 0. The molecule has 0 bridgehead atoms. The van der Waals surface area contributed by atoms with Crippen LogP contribution in [0.15, 0.2) is 140 Å². The Morgan fingerprint density at radius 2 is 0.833 bits per heavy atom. The zero-order chi connectivity index (χ0) is 28.4. The van der Waals surface area contributed by atoms with Crippen molar-refractivity contribution >= 4 is 11.6 Å². The molecule has 0 saturated carbocycles. The summed E-state index contributed by atoms with van der Waals surface area (Å²) in [6.07, 6.45) is 0. The Balaban J connectivity index is 1.43. The smallest absolute Gasteiger partial charge is 0.193 e. The fourth-order valence-corrected chi connectivity index (χ4v) is 7.09. The second-order valence-corrected chi connectivity index (χ2v) is 11.3. The minimum Gasteiger partial charge on any atom is -0.289 e. The summed E-state index contributed by atoms with van der Waals surface area (Å²) in [5.41, 5.74) is 12.3. The van der Waals surface area contributed by atoms with Gasteiger partial charge in [-0.25, -0.2) is 0 Å². The zero-order valence-corrected chi connectivity index (χ0v) is 23.1. The third kappa shape index (κ3) is 3.33. The van der Waals surface area contributed by atoms with E-state index in [0.29, 0.717) is 22.3 Å². The van der Waals surface area contributed by atoms with E-state index in [-0.39, 0.29) is 11.6 Å². The van der Waals surface area contributed by atoms with Crippen molar-refractivity contribution in [1.82, 2.24) is 0 Å². The van der Waals surface area contributed by atoms with Crippen molar-refractivity contribution in [2.24, 2.45) is 0 Å². The van der Waals surface area contributed by atoms with Gasteiger partial charge < -0.3 is 0 Å². The molecule has 42 heavy (non-hydrogen) atoms. The van der Waals surface area contributed by atoms with Gasteiger partial charge >= 0.3 is 0 Å². The van der Waals surface area contributed by atoms with Crippen molar-refractivity contribution in [2.45, 2.75) is 12.3 Å². The van der Waals surface area contributed by atoms with Crippen LogP contribution >= 0.6 is 0 Å². The quantitative estimate of drug-likeness (QED) is 0.210. The Hall–Kier alpha value is -5.34. The van der Waals surface area contributed by atoms with Crippen LogP contribution in [0.5, 0.6) is 0 Å². The van der Waals surface area contributed by atoms with E-state index in [1.807, 2.05) is 72.8 Å². The highest BCUT2D eigenvalue weighted by atomic mass is 16.1. The normalized spacial score (nSPS) is 15.5. The molecule has 1 unspecified atom stereocenters. The Morgan fingerprint density at radius 1 is 0.405 bits per heavy atom. The summed E-state index contributed by atoms with van der Waals surface area (Å²) in [5, 5.41) is 0. The van der Waals surface area contributed by atoms with Crippen molar-refractivity contribution in [3.8, 4) is 22.3 Å². The average molecular weight is 539 g/mol. The Bertz CT molecular complexity index is 2010. The summed E-state index contributed by atoms with van der Waals surface area (Å²) in [6.45, 7) is 2.12. The van der Waals surface area contributed by atoms with Crippen LogP contribution in [0.1, 0.15) is 59.7 Å². The van der Waals surface area contributed by atoms with Crippen molar-refractivity contribution in [2.75, 3.05) is 0 Å². The highest BCUT2D eigenvalue weighted by Crippen LogP contribution is 2.63. The highest BCUT2D eigenvalue weighted by Gasteiger charge is 2.52. The van der Waals surface area contributed by atoms with E-state index in [1.54, 1.807) is 0 Å². The molecule has 1 atom stereocenters. The van der Waals surface area contributed by atoms with Gasteiger partial charge in [-0.2, -0.15) is 0 Å². The van der Waals surface area contributed by atoms with Crippen molar-refractivity contribution in [1.29, 1.82) is 0 Å². The lowest BCUT2D eigenvalue weighted by Crippen LogP contribution is -2.26. The number of benzene rings is 6. The molecule has 6 aromatic carbocycles. The molecular weight excluding hydrogens is 512 g/mol. The number of rotatable bonds is 4. The summed E-state index contributed by atoms with van der Waals surface area (Å²) in [5.74, 6) is 0.000367. The molecule has 2 heteroatoms. The third-order valence-corrected chi connectivity index (χ3v) is 8.93. The first-order chi connectivity index (χ1) is 20.6. The lowest BCUT2D eigenvalue weighted by Gasteiger charge is -2.31. The van der Waals surface area contributed by atoms with Gasteiger partial charge in [0.15, 0.2) is 11.6 Å². The van der Waals surface area contributed by atoms with E-state index in [0.717, 1.165) is 33.4 Å². The number of aryl methyl sites for hydroxylation is 1. The van der Waals surface area contributed by atoms with Crippen LogP contribution in [0.2, 0.25) is 0 Å². The second-order valence-electron chi connectivity index (χ2n) is 11.3. The summed E-state index contributed by atoms with van der Waals surface area (Å²) in [6, 6.07) is 46.4. The molecule has 6 aromatic rings. The first-order valence-electron chi connectivity index (χ1n) is 14.3. The molecule has 0 amide bonds. The molecule has 0 saturated heterocycles. The van der Waals surface area contributed by atoms with Crippen molar-refractivity contribution in [3.05, 3.63) is 190 Å². The molecular formula is C40H26O2. The van der Waals surface area contributed by atoms with Gasteiger partial charge in [-0.1, -0.05) is 133 Å². The number of carbonyl (C=O) groups is 2. The van der Waals surface area contributed by atoms with Crippen molar-refractivity contribution in [3.63, 3.8) is 0 Å². The number of hydrogen-bond acceptors (Lipinski definition) is 2. The molecule has 8 rings (SSSR count). The van der Waals surface area contributed by atoms with E-state index < -0.39 is 5.41 Å². The fraction of sp³-hybridized carbons (Fsp3) is 0.0500. The minimum absolute atomic E-state index is 0.000184. The van der Waals surface area contributed by atoms with Crippen LogP contribution in [-0.2, 0) is 5.41 Å². The van der Waals surface area contributed by atoms with Gasteiger partial charge in [0.25, 0.3) is 0 Å². The summed E-state index contributed by atoms with van der Waals surface area (Å²) >= 11 is 0. The molecule has 1 spiro atoms. The number of ketones is 2. The predicted molar refractivity (Wildman–Crippen MR) is 167 cm³/mol. The molecule has 0 aromatic heterocycles. The third-order valence-electron chi connectivity index (χ3n) is 8.93. The van der Waals surface area contributed by atoms with Crippen LogP contribution in [0.3, 0.4) is 0 Å². The molecule has 0 radical (unpaired) electrons. The van der Waals surface area contributed by atoms with Gasteiger partial charge in [-0.3, -0.25) is 9.59 Å². The highest BCUT2D eigenvalue weighted by molar-refractivity contribution is 6.11. The Kier molecular flexibility index (Phi) is 5.29. The van der Waals surface area contributed by atoms with Gasteiger partial charge in [0.1, 0.15) is 0 Å². The number of carbonyl (C=O) groups excluding carboxylic acids is 2. The average Bonchev–Trinajstić information content (AvgIpc) is 3.50. The fourth-order valence-electron chi connectivity index (χ4n) is 7.09. The second kappa shape index (κ2) is 9.09. The van der Waals surface area contributed by atoms with Crippen LogP contribution in [0, 0.1) is 6.92 Å². The summed E-state index contributed by atoms with van der Waals surface area (Å²) in [4.78, 5) is 27.4. The molecule has 2 aliphatic rings. The molecule has 0 fully saturated rings. The van der Waals surface area contributed by atoms with Gasteiger partial charge in [-0.15, -0.1) is 0 Å². The van der Waals surface area contributed by atoms with Crippen LogP contribution in [0.4, 0.5) is 0 Å². The first-order valence-corrected chi connectivity index (χ1v) is 14.3. The van der Waals surface area contributed by atoms with Gasteiger partial charge in [0, 0.05) is 22.3 Å². The topological polar surface area (TPSA) is 34.1 Å². The number of fused-ring (bicyclic) bond motifs is 10. The number of hydrogen-bond donors (Lipinski definition) is 0. The van der Waals surface area contributed by atoms with Crippen LogP contribution in [0.25, 0.3) is 22.3 Å². The minimum atomic E-state index is -0.650. The van der Waals surface area contributed by atoms with E-state index in [9.17, 15) is 9.59 Å². The van der Waals surface area contributed by atoms with E-state index >= 15 is 0 Å². The molecule has 0 aliphatic heterocycles. The maximum absolute atomic E-state index is 13.7. The summed E-state index contributed by atoms with van der Waals surface area (Å²) < 4.78 is 0. The van der Waals surface area contributed by atoms with E-state index in [4.69, 9.17) is 0 Å². The van der Waals surface area contributed by atoms with Gasteiger partial charge in [0.2, 0.25) is 0 Å². The lowest BCUT2D eigenvalue weighted by molar-refractivity contribution is 0.103. The van der Waals surface area contributed by atoms with E-state index in [2.05, 4.69) is 73.7 Å². The maximum atomic E-state index is 13.7. The molecule has 0 N–H and O–H groups in total. The predicted octanol–water partition coefficient (Wildman–Crippen LogP) is 8.80. The SMILES string of the molecule is Cc1ccc2c(c1)C1(c3ccccc3-c3ccc(C(=O)c4ccccc4)cc31)c1cc(C(=O)c3ccccc3)ccc1-2. The molecule has 2 nitrogen and oxygen atoms in total. The lowest BCUT2D eigenvalue weighted by atomic mass is 9.69. The molecule has 198 valence electrons. The standard InChI is InChI=1S/C40H26O2/c1-25-16-19-31-33-21-18-29(39(42)27-12-6-3-7-13-27)24-37(33)40(35(31)22-25)34-15-9-8-14-30(34)32-20-17-28(23-36(32)40)38(41)26-10-4-2-5-11-26/h2-24H,1H3. The monoisotopic (exact) mass is 538 g/mol. The largest absolute Gasteiger partial charge is 0.289 e. The molecule has 2 aliphatic carbocycles. The van der Waals surface area contributed by atoms with Crippen molar-refractivity contribution < 1.29 is 9.59 Å². The Labute approximate surface area is 244 Å². The first kappa shape index (κ1) is 24.5.